The minimum atomic E-state index is -0.430. The second-order valence-electron chi connectivity index (χ2n) is 4.67. The molecule has 0 spiro atoms. The van der Waals surface area contributed by atoms with Gasteiger partial charge in [0.05, 0.1) is 10.4 Å². The molecule has 3 rings (SSSR count). The van der Waals surface area contributed by atoms with Gasteiger partial charge in [0.1, 0.15) is 5.82 Å². The summed E-state index contributed by atoms with van der Waals surface area (Å²) in [5.41, 5.74) is 1.56. The van der Waals surface area contributed by atoms with E-state index in [1.54, 1.807) is 12.1 Å². The molecule has 0 unspecified atom stereocenters. The normalized spacial score (nSPS) is 10.6. The third-order valence-electron chi connectivity index (χ3n) is 3.32. The lowest BCUT2D eigenvalue weighted by atomic mass is 10.2. The minimum Gasteiger partial charge on any atom is -0.329 e. The average molecular weight is 315 g/mol. The van der Waals surface area contributed by atoms with Crippen molar-refractivity contribution >= 4 is 39.7 Å². The molecule has 0 aliphatic carbocycles. The highest BCUT2D eigenvalue weighted by atomic mass is 35.5. The van der Waals surface area contributed by atoms with E-state index in [0.29, 0.717) is 5.82 Å². The van der Waals surface area contributed by atoms with Gasteiger partial charge >= 0.3 is 0 Å². The number of nitro groups is 1. The van der Waals surface area contributed by atoms with Gasteiger partial charge in [-0.1, -0.05) is 12.1 Å². The summed E-state index contributed by atoms with van der Waals surface area (Å²) < 4.78 is 0. The van der Waals surface area contributed by atoms with Crippen LogP contribution in [0, 0.1) is 10.1 Å². The Morgan fingerprint density at radius 2 is 1.77 bits per heavy atom. The summed E-state index contributed by atoms with van der Waals surface area (Å²) in [6, 6.07) is 13.8. The van der Waals surface area contributed by atoms with Gasteiger partial charge in [-0.05, 0) is 35.9 Å². The first-order valence-electron chi connectivity index (χ1n) is 6.47. The summed E-state index contributed by atoms with van der Waals surface area (Å²) >= 11 is 5.98. The topological polar surface area (TPSA) is 72.2 Å². The SMILES string of the molecule is CN(c1ccc([N+](=O)[O-])cc1)c1nc(Cl)nc2ccccc12. The van der Waals surface area contributed by atoms with Gasteiger partial charge in [0.25, 0.3) is 5.69 Å². The van der Waals surface area contributed by atoms with Crippen molar-refractivity contribution in [3.63, 3.8) is 0 Å². The van der Waals surface area contributed by atoms with E-state index in [4.69, 9.17) is 11.6 Å². The maximum atomic E-state index is 10.7. The molecule has 0 saturated heterocycles. The Labute approximate surface area is 131 Å². The fraction of sp³-hybridized carbons (Fsp3) is 0.0667. The van der Waals surface area contributed by atoms with Gasteiger partial charge in [-0.25, -0.2) is 4.98 Å². The molecule has 0 saturated carbocycles. The highest BCUT2D eigenvalue weighted by molar-refractivity contribution is 6.28. The second kappa shape index (κ2) is 5.57. The number of hydrogen-bond donors (Lipinski definition) is 0. The smallest absolute Gasteiger partial charge is 0.269 e. The quantitative estimate of drug-likeness (QED) is 0.415. The number of nitrogens with zero attached hydrogens (tertiary/aromatic N) is 4. The Morgan fingerprint density at radius 3 is 2.45 bits per heavy atom. The number of halogens is 1. The molecule has 22 heavy (non-hydrogen) atoms. The first-order chi connectivity index (χ1) is 10.6. The second-order valence-corrected chi connectivity index (χ2v) is 5.00. The first kappa shape index (κ1) is 14.2. The van der Waals surface area contributed by atoms with Crippen molar-refractivity contribution in [2.45, 2.75) is 0 Å². The van der Waals surface area contributed by atoms with E-state index >= 15 is 0 Å². The van der Waals surface area contributed by atoms with Crippen molar-refractivity contribution in [1.82, 2.24) is 9.97 Å². The molecule has 6 nitrogen and oxygen atoms in total. The van der Waals surface area contributed by atoms with Crippen LogP contribution in [0.25, 0.3) is 10.9 Å². The van der Waals surface area contributed by atoms with E-state index in [0.717, 1.165) is 16.6 Å². The number of fused-ring (bicyclic) bond motifs is 1. The number of anilines is 2. The Morgan fingerprint density at radius 1 is 1.09 bits per heavy atom. The molecule has 0 atom stereocenters. The zero-order chi connectivity index (χ0) is 15.7. The molecule has 7 heteroatoms. The van der Waals surface area contributed by atoms with Crippen LogP contribution in [0.1, 0.15) is 0 Å². The summed E-state index contributed by atoms with van der Waals surface area (Å²) in [6.45, 7) is 0. The van der Waals surface area contributed by atoms with Crippen LogP contribution in [0.5, 0.6) is 0 Å². The maximum absolute atomic E-state index is 10.7. The lowest BCUT2D eigenvalue weighted by Crippen LogP contribution is -2.12. The lowest BCUT2D eigenvalue weighted by molar-refractivity contribution is -0.384. The number of rotatable bonds is 3. The molecule has 0 N–H and O–H groups in total. The van der Waals surface area contributed by atoms with Crippen molar-refractivity contribution in [2.75, 3.05) is 11.9 Å². The van der Waals surface area contributed by atoms with Gasteiger partial charge in [0.15, 0.2) is 0 Å². The molecule has 1 heterocycles. The van der Waals surface area contributed by atoms with Crippen LogP contribution in [0.15, 0.2) is 48.5 Å². The Bertz CT molecular complexity index is 852. The molecule has 0 fully saturated rings. The van der Waals surface area contributed by atoms with Crippen molar-refractivity contribution in [3.8, 4) is 0 Å². The van der Waals surface area contributed by atoms with Gasteiger partial charge < -0.3 is 4.90 Å². The van der Waals surface area contributed by atoms with E-state index in [1.165, 1.54) is 12.1 Å². The molecule has 0 aliphatic rings. The van der Waals surface area contributed by atoms with Crippen molar-refractivity contribution in [1.29, 1.82) is 0 Å². The molecule has 0 radical (unpaired) electrons. The Kier molecular flexibility index (Phi) is 3.60. The summed E-state index contributed by atoms with van der Waals surface area (Å²) in [6.07, 6.45) is 0. The zero-order valence-corrected chi connectivity index (χ0v) is 12.4. The van der Waals surface area contributed by atoms with Crippen LogP contribution in [0.3, 0.4) is 0 Å². The fourth-order valence-electron chi connectivity index (χ4n) is 2.21. The van der Waals surface area contributed by atoms with E-state index in [9.17, 15) is 10.1 Å². The van der Waals surface area contributed by atoms with Crippen LogP contribution in [-0.4, -0.2) is 21.9 Å². The third kappa shape index (κ3) is 2.56. The van der Waals surface area contributed by atoms with Gasteiger partial charge in [-0.15, -0.1) is 0 Å². The average Bonchev–Trinajstić information content (AvgIpc) is 2.53. The molecular formula is C15H11ClN4O2. The number of nitro benzene ring substituents is 1. The van der Waals surface area contributed by atoms with E-state index < -0.39 is 4.92 Å². The van der Waals surface area contributed by atoms with Crippen molar-refractivity contribution < 1.29 is 4.92 Å². The van der Waals surface area contributed by atoms with Crippen LogP contribution in [0.4, 0.5) is 17.2 Å². The molecule has 3 aromatic rings. The van der Waals surface area contributed by atoms with Gasteiger partial charge in [0.2, 0.25) is 5.28 Å². The molecule has 0 bridgehead atoms. The lowest BCUT2D eigenvalue weighted by Gasteiger charge is -2.19. The predicted octanol–water partition coefficient (Wildman–Crippen LogP) is 3.96. The monoisotopic (exact) mass is 314 g/mol. The highest BCUT2D eigenvalue weighted by Gasteiger charge is 2.13. The van der Waals surface area contributed by atoms with Crippen LogP contribution < -0.4 is 4.90 Å². The number of aromatic nitrogens is 2. The van der Waals surface area contributed by atoms with Gasteiger partial charge in [0, 0.05) is 30.3 Å². The third-order valence-corrected chi connectivity index (χ3v) is 3.49. The minimum absolute atomic E-state index is 0.0442. The Balaban J connectivity index is 2.08. The number of benzene rings is 2. The number of non-ortho nitro benzene ring substituents is 1. The van der Waals surface area contributed by atoms with Gasteiger partial charge in [-0.3, -0.25) is 10.1 Å². The fourth-order valence-corrected chi connectivity index (χ4v) is 2.38. The molecule has 0 amide bonds. The molecular weight excluding hydrogens is 304 g/mol. The largest absolute Gasteiger partial charge is 0.329 e. The molecule has 1 aromatic heterocycles. The zero-order valence-electron chi connectivity index (χ0n) is 11.6. The summed E-state index contributed by atoms with van der Waals surface area (Å²) in [4.78, 5) is 20.6. The Hall–Kier alpha value is -2.73. The van der Waals surface area contributed by atoms with E-state index in [-0.39, 0.29) is 11.0 Å². The summed E-state index contributed by atoms with van der Waals surface area (Å²) in [7, 11) is 1.83. The highest BCUT2D eigenvalue weighted by Crippen LogP contribution is 2.30. The van der Waals surface area contributed by atoms with Crippen molar-refractivity contribution in [3.05, 3.63) is 63.9 Å². The van der Waals surface area contributed by atoms with E-state index in [2.05, 4.69) is 9.97 Å². The molecule has 110 valence electrons. The molecule has 0 aliphatic heterocycles. The number of para-hydroxylation sites is 1. The van der Waals surface area contributed by atoms with Crippen LogP contribution >= 0.6 is 11.6 Å². The molecule has 2 aromatic carbocycles. The summed E-state index contributed by atoms with van der Waals surface area (Å²) in [5.74, 6) is 0.643. The summed E-state index contributed by atoms with van der Waals surface area (Å²) in [5, 5.41) is 11.7. The van der Waals surface area contributed by atoms with Crippen molar-refractivity contribution in [2.24, 2.45) is 0 Å². The number of hydrogen-bond acceptors (Lipinski definition) is 5. The van der Waals surface area contributed by atoms with E-state index in [1.807, 2.05) is 36.2 Å². The first-order valence-corrected chi connectivity index (χ1v) is 6.84. The standard InChI is InChI=1S/C15H11ClN4O2/c1-19(10-6-8-11(9-7-10)20(21)22)14-12-4-2-3-5-13(12)17-15(16)18-14/h2-9H,1H3. The predicted molar refractivity (Wildman–Crippen MR) is 85.7 cm³/mol. The van der Waals surface area contributed by atoms with Crippen LogP contribution in [0.2, 0.25) is 5.28 Å². The van der Waals surface area contributed by atoms with Gasteiger partial charge in [-0.2, -0.15) is 4.98 Å². The maximum Gasteiger partial charge on any atom is 0.269 e. The van der Waals surface area contributed by atoms with Crippen LogP contribution in [-0.2, 0) is 0 Å².